The van der Waals surface area contributed by atoms with Crippen molar-refractivity contribution in [3.05, 3.63) is 0 Å². The van der Waals surface area contributed by atoms with Gasteiger partial charge in [0.05, 0.1) is 19.8 Å². The molecule has 0 radical (unpaired) electrons. The van der Waals surface area contributed by atoms with E-state index in [2.05, 4.69) is 9.47 Å². The summed E-state index contributed by atoms with van der Waals surface area (Å²) in [5.74, 6) is -1.06. The maximum atomic E-state index is 11.3. The van der Waals surface area contributed by atoms with E-state index in [0.29, 0.717) is 0 Å². The van der Waals surface area contributed by atoms with Gasteiger partial charge in [0.15, 0.2) is 0 Å². The zero-order chi connectivity index (χ0) is 11.8. The van der Waals surface area contributed by atoms with Gasteiger partial charge in [0, 0.05) is 0 Å². The van der Waals surface area contributed by atoms with Crippen molar-refractivity contribution in [3.8, 4) is 0 Å². The zero-order valence-electron chi connectivity index (χ0n) is 8.72. The Kier molecular flexibility index (Phi) is 5.58. The predicted octanol–water partition coefficient (Wildman–Crippen LogP) is -0.678. The topological polar surface area (TPSA) is 91.3 Å². The average molecular weight is 234 g/mol. The van der Waals surface area contributed by atoms with Crippen LogP contribution in [0.5, 0.6) is 0 Å². The van der Waals surface area contributed by atoms with Crippen LogP contribution in [0.3, 0.4) is 0 Å². The first-order chi connectivity index (χ1) is 7.74. The van der Waals surface area contributed by atoms with Gasteiger partial charge in [-0.3, -0.25) is 4.79 Å². The number of hydrogen-bond acceptors (Lipinski definition) is 7. The number of aliphatic hydroxyl groups is 1. The summed E-state index contributed by atoms with van der Waals surface area (Å²) < 4.78 is 18.8. The number of aliphatic hydroxyl groups excluding tert-OH is 1. The molecule has 0 aliphatic carbocycles. The molecule has 0 aromatic carbocycles. The summed E-state index contributed by atoms with van der Waals surface area (Å²) in [6.07, 6.45) is -0.768. The lowest BCUT2D eigenvalue weighted by molar-refractivity contribution is -0.156. The molecule has 1 aliphatic heterocycles. The van der Waals surface area contributed by atoms with Crippen molar-refractivity contribution in [1.82, 2.24) is 0 Å². The number of ether oxygens (including phenoxy) is 4. The van der Waals surface area contributed by atoms with Crippen molar-refractivity contribution in [2.75, 3.05) is 39.6 Å². The molecule has 1 fully saturated rings. The zero-order valence-corrected chi connectivity index (χ0v) is 8.72. The maximum absolute atomic E-state index is 11.3. The third kappa shape index (κ3) is 4.45. The third-order valence-corrected chi connectivity index (χ3v) is 1.85. The van der Waals surface area contributed by atoms with E-state index in [-0.39, 0.29) is 39.6 Å². The molecule has 0 saturated carbocycles. The molecule has 1 N–H and O–H groups in total. The molecule has 7 heteroatoms. The Morgan fingerprint density at radius 3 is 2.62 bits per heavy atom. The van der Waals surface area contributed by atoms with Crippen molar-refractivity contribution in [1.29, 1.82) is 0 Å². The van der Waals surface area contributed by atoms with Crippen LogP contribution in [-0.4, -0.2) is 56.9 Å². The molecule has 0 aromatic heterocycles. The smallest absolute Gasteiger partial charge is 0.463 e. The first-order valence-electron chi connectivity index (χ1n) is 4.89. The van der Waals surface area contributed by atoms with Gasteiger partial charge in [-0.05, 0) is 0 Å². The Morgan fingerprint density at radius 2 is 2.00 bits per heavy atom. The normalized spacial score (nSPS) is 16.4. The molecule has 0 aromatic rings. The van der Waals surface area contributed by atoms with Crippen LogP contribution in [0.15, 0.2) is 0 Å². The highest BCUT2D eigenvalue weighted by molar-refractivity contribution is 5.74. The Labute approximate surface area is 92.2 Å². The second-order valence-corrected chi connectivity index (χ2v) is 3.07. The summed E-state index contributed by atoms with van der Waals surface area (Å²) in [7, 11) is 0. The van der Waals surface area contributed by atoms with Crippen LogP contribution in [0.1, 0.15) is 0 Å². The lowest BCUT2D eigenvalue weighted by Gasteiger charge is -2.20. The minimum Gasteiger partial charge on any atom is -0.463 e. The fraction of sp³-hybridized carbons (Fsp3) is 0.778. The highest BCUT2D eigenvalue weighted by Crippen LogP contribution is 2.08. The molecule has 0 amide bonds. The minimum atomic E-state index is -0.768. The molecule has 92 valence electrons. The van der Waals surface area contributed by atoms with Crippen LogP contribution in [0, 0.1) is 5.92 Å². The molecule has 0 atom stereocenters. The summed E-state index contributed by atoms with van der Waals surface area (Å²) in [4.78, 5) is 21.9. The molecule has 0 unspecified atom stereocenters. The summed E-state index contributed by atoms with van der Waals surface area (Å²) in [6.45, 7) is 0.426. The van der Waals surface area contributed by atoms with Gasteiger partial charge in [-0.15, -0.1) is 0 Å². The molecule has 7 nitrogen and oxygen atoms in total. The maximum Gasteiger partial charge on any atom is 0.508 e. The minimum absolute atomic E-state index is 0.0187. The van der Waals surface area contributed by atoms with Crippen molar-refractivity contribution in [3.63, 3.8) is 0 Å². The molecular weight excluding hydrogens is 220 g/mol. The number of rotatable bonds is 6. The van der Waals surface area contributed by atoms with Gasteiger partial charge in [-0.2, -0.15) is 0 Å². The Morgan fingerprint density at radius 1 is 1.31 bits per heavy atom. The number of cyclic esters (lactones) is 2. The monoisotopic (exact) mass is 234 g/mol. The quantitative estimate of drug-likeness (QED) is 0.481. The lowest BCUT2D eigenvalue weighted by Crippen LogP contribution is -2.34. The first kappa shape index (κ1) is 12.7. The van der Waals surface area contributed by atoms with E-state index in [1.54, 1.807) is 0 Å². The van der Waals surface area contributed by atoms with Gasteiger partial charge in [0.2, 0.25) is 0 Å². The molecule has 0 bridgehead atoms. The van der Waals surface area contributed by atoms with E-state index >= 15 is 0 Å². The van der Waals surface area contributed by atoms with E-state index < -0.39 is 18.0 Å². The van der Waals surface area contributed by atoms with Gasteiger partial charge in [0.25, 0.3) is 0 Å². The second kappa shape index (κ2) is 7.02. The SMILES string of the molecule is O=C1OCC(C(=O)OCCOCCO)CO1. The van der Waals surface area contributed by atoms with E-state index in [4.69, 9.17) is 14.6 Å². The lowest BCUT2D eigenvalue weighted by atomic mass is 10.2. The third-order valence-electron chi connectivity index (χ3n) is 1.85. The van der Waals surface area contributed by atoms with E-state index in [1.165, 1.54) is 0 Å². The molecule has 1 saturated heterocycles. The van der Waals surface area contributed by atoms with Crippen LogP contribution in [-0.2, 0) is 23.7 Å². The van der Waals surface area contributed by atoms with Crippen LogP contribution in [0.2, 0.25) is 0 Å². The summed E-state index contributed by atoms with van der Waals surface area (Å²) >= 11 is 0. The highest BCUT2D eigenvalue weighted by Gasteiger charge is 2.28. The van der Waals surface area contributed by atoms with E-state index in [9.17, 15) is 9.59 Å². The predicted molar refractivity (Wildman–Crippen MR) is 49.7 cm³/mol. The van der Waals surface area contributed by atoms with Gasteiger partial charge in [0.1, 0.15) is 25.7 Å². The van der Waals surface area contributed by atoms with Crippen molar-refractivity contribution >= 4 is 12.1 Å². The highest BCUT2D eigenvalue weighted by atomic mass is 16.7. The van der Waals surface area contributed by atoms with Crippen molar-refractivity contribution in [2.45, 2.75) is 0 Å². The van der Waals surface area contributed by atoms with Crippen LogP contribution >= 0.6 is 0 Å². The van der Waals surface area contributed by atoms with Crippen molar-refractivity contribution in [2.24, 2.45) is 5.92 Å². The fourth-order valence-electron chi connectivity index (χ4n) is 1.05. The Balaban J connectivity index is 2.08. The number of carbonyl (C=O) groups excluding carboxylic acids is 2. The number of hydrogen-bond donors (Lipinski definition) is 1. The van der Waals surface area contributed by atoms with E-state index in [1.807, 2.05) is 0 Å². The first-order valence-corrected chi connectivity index (χ1v) is 4.89. The van der Waals surface area contributed by atoms with E-state index in [0.717, 1.165) is 0 Å². The molecular formula is C9H14O7. The molecule has 1 aliphatic rings. The largest absolute Gasteiger partial charge is 0.508 e. The van der Waals surface area contributed by atoms with Crippen LogP contribution in [0.25, 0.3) is 0 Å². The molecule has 1 heterocycles. The average Bonchev–Trinajstić information content (AvgIpc) is 2.29. The molecule has 1 rings (SSSR count). The van der Waals surface area contributed by atoms with Gasteiger partial charge >= 0.3 is 12.1 Å². The van der Waals surface area contributed by atoms with Crippen molar-refractivity contribution < 1.29 is 33.6 Å². The van der Waals surface area contributed by atoms with Crippen LogP contribution < -0.4 is 0 Å². The second-order valence-electron chi connectivity index (χ2n) is 3.07. The Hall–Kier alpha value is -1.34. The fourth-order valence-corrected chi connectivity index (χ4v) is 1.05. The van der Waals surface area contributed by atoms with Gasteiger partial charge in [-0.25, -0.2) is 4.79 Å². The summed E-state index contributed by atoms with van der Waals surface area (Å²) in [5, 5.41) is 8.41. The Bertz CT molecular complexity index is 230. The summed E-state index contributed by atoms with van der Waals surface area (Å²) in [6, 6.07) is 0. The number of carbonyl (C=O) groups is 2. The van der Waals surface area contributed by atoms with Gasteiger partial charge < -0.3 is 24.1 Å². The van der Waals surface area contributed by atoms with Gasteiger partial charge in [-0.1, -0.05) is 0 Å². The molecule has 16 heavy (non-hydrogen) atoms. The standard InChI is InChI=1S/C9H14O7/c10-1-2-13-3-4-14-8(11)7-5-15-9(12)16-6-7/h7,10H,1-6H2. The molecule has 0 spiro atoms. The summed E-state index contributed by atoms with van der Waals surface area (Å²) in [5.41, 5.74) is 0. The number of esters is 1. The van der Waals surface area contributed by atoms with Crippen LogP contribution in [0.4, 0.5) is 4.79 Å².